The minimum atomic E-state index is -3.68. The molecular formula is C12H17N5O3S. The summed E-state index contributed by atoms with van der Waals surface area (Å²) in [6.07, 6.45) is 3.86. The molecule has 1 fully saturated rings. The molecule has 0 saturated heterocycles. The zero-order chi connectivity index (χ0) is 14.9. The van der Waals surface area contributed by atoms with E-state index in [9.17, 15) is 8.42 Å². The highest BCUT2D eigenvalue weighted by molar-refractivity contribution is 7.89. The first kappa shape index (κ1) is 14.2. The summed E-state index contributed by atoms with van der Waals surface area (Å²) in [7, 11) is -1.93. The standard InChI is InChI=1S/C12H17N5O3S/c1-17-8-14-16-11(17)7-15-21(18,19)12-5-4-10(20-12)6-13-9-2-3-9/h4-5,8-9,13,15H,2-3,6-7H2,1H3. The maximum Gasteiger partial charge on any atom is 0.274 e. The second kappa shape index (κ2) is 5.58. The number of nitrogens with zero attached hydrogens (tertiary/aromatic N) is 3. The topological polar surface area (TPSA) is 102 Å². The Labute approximate surface area is 122 Å². The third-order valence-corrected chi connectivity index (χ3v) is 4.54. The molecule has 2 aromatic heterocycles. The van der Waals surface area contributed by atoms with Crippen LogP contribution in [0.15, 0.2) is 28.0 Å². The Bertz CT molecular complexity index is 717. The Morgan fingerprint density at radius 1 is 1.38 bits per heavy atom. The average Bonchev–Trinajstić information content (AvgIpc) is 2.98. The Balaban J connectivity index is 1.62. The maximum atomic E-state index is 12.1. The zero-order valence-electron chi connectivity index (χ0n) is 11.6. The summed E-state index contributed by atoms with van der Waals surface area (Å²) in [6.45, 7) is 0.610. The first-order valence-electron chi connectivity index (χ1n) is 6.69. The summed E-state index contributed by atoms with van der Waals surface area (Å²) in [5.41, 5.74) is 0. The van der Waals surface area contributed by atoms with E-state index in [1.807, 2.05) is 0 Å². The van der Waals surface area contributed by atoms with Crippen molar-refractivity contribution in [3.8, 4) is 0 Å². The molecule has 2 aromatic rings. The van der Waals surface area contributed by atoms with Crippen LogP contribution in [0.3, 0.4) is 0 Å². The first-order valence-corrected chi connectivity index (χ1v) is 8.17. The van der Waals surface area contributed by atoms with Crippen LogP contribution in [-0.2, 0) is 30.2 Å². The highest BCUT2D eigenvalue weighted by Crippen LogP contribution is 2.20. The molecule has 1 aliphatic rings. The SMILES string of the molecule is Cn1cnnc1CNS(=O)(=O)c1ccc(CNC2CC2)o1. The van der Waals surface area contributed by atoms with Crippen molar-refractivity contribution in [2.75, 3.05) is 0 Å². The van der Waals surface area contributed by atoms with E-state index in [1.54, 1.807) is 17.7 Å². The smallest absolute Gasteiger partial charge is 0.274 e. The van der Waals surface area contributed by atoms with Gasteiger partial charge in [0.1, 0.15) is 17.9 Å². The van der Waals surface area contributed by atoms with Crippen LogP contribution in [0.25, 0.3) is 0 Å². The fraction of sp³-hybridized carbons (Fsp3) is 0.500. The maximum absolute atomic E-state index is 12.1. The first-order chi connectivity index (χ1) is 10.0. The van der Waals surface area contributed by atoms with Gasteiger partial charge >= 0.3 is 0 Å². The normalized spacial score (nSPS) is 15.5. The van der Waals surface area contributed by atoms with Crippen molar-refractivity contribution in [2.24, 2.45) is 7.05 Å². The Hall–Kier alpha value is -1.71. The molecule has 8 nitrogen and oxygen atoms in total. The van der Waals surface area contributed by atoms with E-state index in [1.165, 1.54) is 25.2 Å². The molecule has 0 radical (unpaired) electrons. The molecule has 3 rings (SSSR count). The van der Waals surface area contributed by atoms with Crippen molar-refractivity contribution in [2.45, 2.75) is 37.1 Å². The second-order valence-electron chi connectivity index (χ2n) is 5.06. The highest BCUT2D eigenvalue weighted by Gasteiger charge is 2.22. The molecule has 1 saturated carbocycles. The van der Waals surface area contributed by atoms with Crippen molar-refractivity contribution < 1.29 is 12.8 Å². The summed E-state index contributed by atoms with van der Waals surface area (Å²) in [4.78, 5) is 0. The molecular weight excluding hydrogens is 294 g/mol. The van der Waals surface area contributed by atoms with Crippen LogP contribution >= 0.6 is 0 Å². The number of hydrogen-bond donors (Lipinski definition) is 2. The molecule has 2 N–H and O–H groups in total. The van der Waals surface area contributed by atoms with Gasteiger partial charge in [-0.05, 0) is 25.0 Å². The van der Waals surface area contributed by atoms with E-state index in [4.69, 9.17) is 4.42 Å². The molecule has 2 heterocycles. The van der Waals surface area contributed by atoms with Gasteiger partial charge in [0.25, 0.3) is 10.0 Å². The van der Waals surface area contributed by atoms with E-state index < -0.39 is 10.0 Å². The third kappa shape index (κ3) is 3.49. The van der Waals surface area contributed by atoms with Crippen LogP contribution in [0.5, 0.6) is 0 Å². The summed E-state index contributed by atoms with van der Waals surface area (Å²) < 4.78 is 33.7. The van der Waals surface area contributed by atoms with E-state index >= 15 is 0 Å². The fourth-order valence-corrected chi connectivity index (χ4v) is 2.75. The average molecular weight is 311 g/mol. The Kier molecular flexibility index (Phi) is 3.79. The number of furan rings is 1. The van der Waals surface area contributed by atoms with E-state index in [2.05, 4.69) is 20.2 Å². The van der Waals surface area contributed by atoms with Crippen LogP contribution in [0.4, 0.5) is 0 Å². The van der Waals surface area contributed by atoms with Gasteiger partial charge in [-0.3, -0.25) is 0 Å². The lowest BCUT2D eigenvalue weighted by molar-refractivity contribution is 0.399. The van der Waals surface area contributed by atoms with Crippen LogP contribution in [0.2, 0.25) is 0 Å². The predicted octanol–water partition coefficient (Wildman–Crippen LogP) is 0.139. The van der Waals surface area contributed by atoms with Gasteiger partial charge in [-0.2, -0.15) is 0 Å². The number of nitrogens with one attached hydrogen (secondary N) is 2. The van der Waals surface area contributed by atoms with Gasteiger partial charge < -0.3 is 14.3 Å². The minimum Gasteiger partial charge on any atom is -0.447 e. The monoisotopic (exact) mass is 311 g/mol. The van der Waals surface area contributed by atoms with Crippen molar-refractivity contribution in [3.05, 3.63) is 30.0 Å². The third-order valence-electron chi connectivity index (χ3n) is 3.27. The lowest BCUT2D eigenvalue weighted by Crippen LogP contribution is -2.24. The van der Waals surface area contributed by atoms with Gasteiger partial charge in [0.15, 0.2) is 0 Å². The molecule has 0 unspecified atom stereocenters. The molecule has 9 heteroatoms. The quantitative estimate of drug-likeness (QED) is 0.754. The molecule has 114 valence electrons. The number of aryl methyl sites for hydroxylation is 1. The summed E-state index contributed by atoms with van der Waals surface area (Å²) in [5, 5.41) is 10.7. The largest absolute Gasteiger partial charge is 0.447 e. The van der Waals surface area contributed by atoms with Gasteiger partial charge in [0.05, 0.1) is 13.1 Å². The van der Waals surface area contributed by atoms with Crippen molar-refractivity contribution >= 4 is 10.0 Å². The van der Waals surface area contributed by atoms with Gasteiger partial charge in [0.2, 0.25) is 5.09 Å². The van der Waals surface area contributed by atoms with Gasteiger partial charge in [-0.1, -0.05) is 0 Å². The van der Waals surface area contributed by atoms with Crippen molar-refractivity contribution in [1.29, 1.82) is 0 Å². The molecule has 0 spiro atoms. The zero-order valence-corrected chi connectivity index (χ0v) is 12.4. The lowest BCUT2D eigenvalue weighted by Gasteiger charge is -2.04. The van der Waals surface area contributed by atoms with E-state index in [0.717, 1.165) is 0 Å². The van der Waals surface area contributed by atoms with Crippen molar-refractivity contribution in [1.82, 2.24) is 24.8 Å². The summed E-state index contributed by atoms with van der Waals surface area (Å²) in [6, 6.07) is 3.68. The number of sulfonamides is 1. The number of hydrogen-bond acceptors (Lipinski definition) is 6. The number of rotatable bonds is 7. The van der Waals surface area contributed by atoms with Crippen LogP contribution in [0, 0.1) is 0 Å². The van der Waals surface area contributed by atoms with Crippen LogP contribution in [-0.4, -0.2) is 29.2 Å². The van der Waals surface area contributed by atoms with Gasteiger partial charge in [-0.15, -0.1) is 10.2 Å². The summed E-state index contributed by atoms with van der Waals surface area (Å²) in [5.74, 6) is 1.14. The molecule has 1 aliphatic carbocycles. The number of aromatic nitrogens is 3. The van der Waals surface area contributed by atoms with Gasteiger partial charge in [0, 0.05) is 13.1 Å². The van der Waals surface area contributed by atoms with Crippen molar-refractivity contribution in [3.63, 3.8) is 0 Å². The molecule has 0 aliphatic heterocycles. The lowest BCUT2D eigenvalue weighted by atomic mass is 10.4. The molecule has 0 bridgehead atoms. The predicted molar refractivity (Wildman–Crippen MR) is 73.6 cm³/mol. The van der Waals surface area contributed by atoms with Crippen LogP contribution < -0.4 is 10.0 Å². The Morgan fingerprint density at radius 2 is 2.19 bits per heavy atom. The molecule has 0 aromatic carbocycles. The minimum absolute atomic E-state index is 0.0647. The highest BCUT2D eigenvalue weighted by atomic mass is 32.2. The Morgan fingerprint density at radius 3 is 2.86 bits per heavy atom. The van der Waals surface area contributed by atoms with Crippen LogP contribution in [0.1, 0.15) is 24.4 Å². The van der Waals surface area contributed by atoms with Gasteiger partial charge in [-0.25, -0.2) is 13.1 Å². The van der Waals surface area contributed by atoms with E-state index in [0.29, 0.717) is 24.2 Å². The fourth-order valence-electron chi connectivity index (χ4n) is 1.83. The summed E-state index contributed by atoms with van der Waals surface area (Å²) >= 11 is 0. The molecule has 21 heavy (non-hydrogen) atoms. The molecule has 0 atom stereocenters. The van der Waals surface area contributed by atoms with E-state index in [-0.39, 0.29) is 11.6 Å². The molecule has 0 amide bonds. The second-order valence-corrected chi connectivity index (χ2v) is 6.76.